The number of thiocarbonyl (C=S) groups is 1. The van der Waals surface area contributed by atoms with Gasteiger partial charge in [0.25, 0.3) is 0 Å². The van der Waals surface area contributed by atoms with E-state index in [0.29, 0.717) is 22.1 Å². The van der Waals surface area contributed by atoms with Gasteiger partial charge in [-0.2, -0.15) is 0 Å². The lowest BCUT2D eigenvalue weighted by molar-refractivity contribution is 0.553. The molecule has 2 N–H and O–H groups in total. The lowest BCUT2D eigenvalue weighted by atomic mass is 10.1. The standard InChI is InChI=1S/C13H11BrF2N4S/c14-11-12(18-7-6-17-11)20-13(21)19-5-4-8-9(15)2-1-3-10(8)16/h1-3,6-7H,4-5H2,(H2,18,19,20,21). The third-order valence-electron chi connectivity index (χ3n) is 2.61. The van der Waals surface area contributed by atoms with Gasteiger partial charge in [-0.25, -0.2) is 18.7 Å². The van der Waals surface area contributed by atoms with E-state index in [0.717, 1.165) is 0 Å². The summed E-state index contributed by atoms with van der Waals surface area (Å²) in [7, 11) is 0. The fourth-order valence-corrected chi connectivity index (χ4v) is 2.15. The first kappa shape index (κ1) is 15.7. The van der Waals surface area contributed by atoms with Gasteiger partial charge in [0.2, 0.25) is 0 Å². The van der Waals surface area contributed by atoms with Crippen LogP contribution in [0.1, 0.15) is 5.56 Å². The van der Waals surface area contributed by atoms with Crippen molar-refractivity contribution in [1.82, 2.24) is 15.3 Å². The molecule has 0 spiro atoms. The molecule has 8 heteroatoms. The summed E-state index contributed by atoms with van der Waals surface area (Å²) in [6.07, 6.45) is 3.24. The second-order valence-electron chi connectivity index (χ2n) is 4.03. The largest absolute Gasteiger partial charge is 0.362 e. The highest BCUT2D eigenvalue weighted by atomic mass is 79.9. The summed E-state index contributed by atoms with van der Waals surface area (Å²) in [5.41, 5.74) is 0.0356. The van der Waals surface area contributed by atoms with Crippen LogP contribution in [0.25, 0.3) is 0 Å². The maximum atomic E-state index is 13.4. The normalized spacial score (nSPS) is 10.2. The second-order valence-corrected chi connectivity index (χ2v) is 5.19. The Hall–Kier alpha value is -1.67. The van der Waals surface area contributed by atoms with E-state index in [1.54, 1.807) is 0 Å². The van der Waals surface area contributed by atoms with Crippen LogP contribution in [0.3, 0.4) is 0 Å². The molecule has 110 valence electrons. The van der Waals surface area contributed by atoms with Crippen molar-refractivity contribution in [2.75, 3.05) is 11.9 Å². The van der Waals surface area contributed by atoms with Crippen LogP contribution >= 0.6 is 28.1 Å². The number of hydrogen-bond acceptors (Lipinski definition) is 3. The van der Waals surface area contributed by atoms with E-state index >= 15 is 0 Å². The zero-order chi connectivity index (χ0) is 15.2. The Bertz CT molecular complexity index is 634. The average molecular weight is 373 g/mol. The average Bonchev–Trinajstić information content (AvgIpc) is 2.45. The predicted octanol–water partition coefficient (Wildman–Crippen LogP) is 3.05. The Morgan fingerprint density at radius 1 is 1.19 bits per heavy atom. The van der Waals surface area contributed by atoms with Crippen LogP contribution in [0.2, 0.25) is 0 Å². The fraction of sp³-hybridized carbons (Fsp3) is 0.154. The number of aromatic nitrogens is 2. The minimum absolute atomic E-state index is 0.0356. The molecule has 2 aromatic rings. The number of nitrogens with zero attached hydrogens (tertiary/aromatic N) is 2. The molecule has 0 fully saturated rings. The van der Waals surface area contributed by atoms with Gasteiger partial charge in [-0.1, -0.05) is 6.07 Å². The smallest absolute Gasteiger partial charge is 0.172 e. The zero-order valence-electron chi connectivity index (χ0n) is 10.7. The molecule has 0 radical (unpaired) electrons. The van der Waals surface area contributed by atoms with Gasteiger partial charge < -0.3 is 10.6 Å². The lowest BCUT2D eigenvalue weighted by Crippen LogP contribution is -2.31. The SMILES string of the molecule is Fc1cccc(F)c1CCNC(=S)Nc1nccnc1Br. The Labute approximate surface area is 134 Å². The molecule has 21 heavy (non-hydrogen) atoms. The Balaban J connectivity index is 1.86. The number of hydrogen-bond donors (Lipinski definition) is 2. The molecular formula is C13H11BrF2N4S. The highest BCUT2D eigenvalue weighted by Gasteiger charge is 2.08. The van der Waals surface area contributed by atoms with Crippen molar-refractivity contribution < 1.29 is 8.78 Å². The van der Waals surface area contributed by atoms with Crippen LogP contribution in [-0.2, 0) is 6.42 Å². The summed E-state index contributed by atoms with van der Waals surface area (Å²) >= 11 is 8.30. The van der Waals surface area contributed by atoms with Crippen LogP contribution in [0, 0.1) is 11.6 Å². The molecule has 4 nitrogen and oxygen atoms in total. The summed E-state index contributed by atoms with van der Waals surface area (Å²) in [6, 6.07) is 3.79. The quantitative estimate of drug-likeness (QED) is 0.807. The monoisotopic (exact) mass is 372 g/mol. The Morgan fingerprint density at radius 3 is 2.52 bits per heavy atom. The molecule has 0 amide bonds. The maximum absolute atomic E-state index is 13.4. The van der Waals surface area contributed by atoms with E-state index < -0.39 is 11.6 Å². The number of benzene rings is 1. The summed E-state index contributed by atoms with van der Waals surface area (Å²) in [4.78, 5) is 8.03. The molecular weight excluding hydrogens is 362 g/mol. The van der Waals surface area contributed by atoms with Gasteiger partial charge in [-0.05, 0) is 46.7 Å². The maximum Gasteiger partial charge on any atom is 0.172 e. The summed E-state index contributed by atoms with van der Waals surface area (Å²) in [6.45, 7) is 0.293. The van der Waals surface area contributed by atoms with E-state index in [1.807, 2.05) is 0 Å². The van der Waals surface area contributed by atoms with E-state index in [4.69, 9.17) is 12.2 Å². The Kier molecular flexibility index (Phi) is 5.51. The molecule has 0 atom stereocenters. The van der Waals surface area contributed by atoms with E-state index in [1.165, 1.54) is 30.6 Å². The van der Waals surface area contributed by atoms with Crippen molar-refractivity contribution in [1.29, 1.82) is 0 Å². The van der Waals surface area contributed by atoms with Crippen LogP contribution in [0.15, 0.2) is 35.2 Å². The first-order valence-corrected chi connectivity index (χ1v) is 7.22. The zero-order valence-corrected chi connectivity index (χ0v) is 13.1. The van der Waals surface area contributed by atoms with Gasteiger partial charge in [-0.3, -0.25) is 0 Å². The molecule has 1 aromatic heterocycles. The van der Waals surface area contributed by atoms with Gasteiger partial charge in [-0.15, -0.1) is 0 Å². The predicted molar refractivity (Wildman–Crippen MR) is 84.0 cm³/mol. The minimum Gasteiger partial charge on any atom is -0.362 e. The molecule has 0 saturated heterocycles. The van der Waals surface area contributed by atoms with Gasteiger partial charge in [0.15, 0.2) is 10.9 Å². The van der Waals surface area contributed by atoms with Gasteiger partial charge >= 0.3 is 0 Å². The van der Waals surface area contributed by atoms with Crippen molar-refractivity contribution in [2.45, 2.75) is 6.42 Å². The molecule has 0 aliphatic carbocycles. The number of rotatable bonds is 4. The third-order valence-corrected chi connectivity index (χ3v) is 3.43. The number of anilines is 1. The molecule has 0 unspecified atom stereocenters. The summed E-state index contributed by atoms with van der Waals surface area (Å²) in [5.74, 6) is -0.660. The van der Waals surface area contributed by atoms with Crippen molar-refractivity contribution in [2.24, 2.45) is 0 Å². The molecule has 1 aromatic carbocycles. The van der Waals surface area contributed by atoms with Crippen molar-refractivity contribution in [3.05, 3.63) is 52.4 Å². The lowest BCUT2D eigenvalue weighted by Gasteiger charge is -2.11. The van der Waals surface area contributed by atoms with Crippen molar-refractivity contribution in [3.8, 4) is 0 Å². The summed E-state index contributed by atoms with van der Waals surface area (Å²) < 4.78 is 27.4. The molecule has 0 aliphatic rings. The number of nitrogens with one attached hydrogen (secondary N) is 2. The van der Waals surface area contributed by atoms with E-state index in [-0.39, 0.29) is 12.0 Å². The minimum atomic E-state index is -0.563. The van der Waals surface area contributed by atoms with Gasteiger partial charge in [0.1, 0.15) is 16.2 Å². The molecule has 0 bridgehead atoms. The second kappa shape index (κ2) is 7.37. The van der Waals surface area contributed by atoms with Gasteiger partial charge in [0.05, 0.1) is 0 Å². The Morgan fingerprint density at radius 2 is 1.86 bits per heavy atom. The number of halogens is 3. The van der Waals surface area contributed by atoms with Crippen molar-refractivity contribution in [3.63, 3.8) is 0 Å². The molecule has 1 heterocycles. The first-order valence-electron chi connectivity index (χ1n) is 6.02. The van der Waals surface area contributed by atoms with Crippen LogP contribution in [-0.4, -0.2) is 21.6 Å². The highest BCUT2D eigenvalue weighted by Crippen LogP contribution is 2.15. The molecule has 0 aliphatic heterocycles. The summed E-state index contributed by atoms with van der Waals surface area (Å²) in [5, 5.41) is 6.00. The van der Waals surface area contributed by atoms with Crippen LogP contribution in [0.4, 0.5) is 14.6 Å². The van der Waals surface area contributed by atoms with E-state index in [2.05, 4.69) is 36.5 Å². The fourth-order valence-electron chi connectivity index (χ4n) is 1.63. The first-order chi connectivity index (χ1) is 10.1. The van der Waals surface area contributed by atoms with Gasteiger partial charge in [0, 0.05) is 24.5 Å². The van der Waals surface area contributed by atoms with E-state index in [9.17, 15) is 8.78 Å². The van der Waals surface area contributed by atoms with Crippen LogP contribution in [0.5, 0.6) is 0 Å². The molecule has 0 saturated carbocycles. The topological polar surface area (TPSA) is 49.8 Å². The van der Waals surface area contributed by atoms with Crippen LogP contribution < -0.4 is 10.6 Å². The third kappa shape index (κ3) is 4.40. The van der Waals surface area contributed by atoms with Crippen molar-refractivity contribution >= 4 is 39.1 Å². The highest BCUT2D eigenvalue weighted by molar-refractivity contribution is 9.10. The molecule has 2 rings (SSSR count).